The van der Waals surface area contributed by atoms with E-state index in [1.807, 2.05) is 0 Å². The third-order valence-corrected chi connectivity index (χ3v) is 4.78. The highest BCUT2D eigenvalue weighted by atomic mass is 16.7. The summed E-state index contributed by atoms with van der Waals surface area (Å²) in [5.74, 6) is 1.23. The zero-order chi connectivity index (χ0) is 15.1. The summed E-state index contributed by atoms with van der Waals surface area (Å²) in [5, 5.41) is 10.3. The van der Waals surface area contributed by atoms with Gasteiger partial charge in [-0.25, -0.2) is 0 Å². The predicted octanol–water partition coefficient (Wildman–Crippen LogP) is 0.696. The number of nitrogens with zero attached hydrogens (tertiary/aromatic N) is 2. The van der Waals surface area contributed by atoms with Gasteiger partial charge in [0, 0.05) is 18.7 Å². The largest absolute Gasteiger partial charge is 0.454 e. The summed E-state index contributed by atoms with van der Waals surface area (Å²) in [6, 6.07) is 5.31. The van der Waals surface area contributed by atoms with Gasteiger partial charge in [-0.1, -0.05) is 0 Å². The van der Waals surface area contributed by atoms with Crippen LogP contribution in [0, 0.1) is 0 Å². The molecule has 6 nitrogen and oxygen atoms in total. The zero-order valence-corrected chi connectivity index (χ0v) is 12.4. The van der Waals surface area contributed by atoms with E-state index in [1.54, 1.807) is 23.1 Å². The molecule has 2 fully saturated rings. The first kappa shape index (κ1) is 13.8. The molecule has 3 aliphatic rings. The van der Waals surface area contributed by atoms with Crippen molar-refractivity contribution in [3.8, 4) is 11.5 Å². The Labute approximate surface area is 129 Å². The van der Waals surface area contributed by atoms with Gasteiger partial charge in [0.2, 0.25) is 6.79 Å². The average Bonchev–Trinajstić information content (AvgIpc) is 3.25. The van der Waals surface area contributed by atoms with Crippen molar-refractivity contribution in [1.82, 2.24) is 9.80 Å². The van der Waals surface area contributed by atoms with Gasteiger partial charge >= 0.3 is 0 Å². The predicted molar refractivity (Wildman–Crippen MR) is 79.1 cm³/mol. The highest BCUT2D eigenvalue weighted by Gasteiger charge is 2.38. The van der Waals surface area contributed by atoms with E-state index in [9.17, 15) is 9.90 Å². The quantitative estimate of drug-likeness (QED) is 0.871. The summed E-state index contributed by atoms with van der Waals surface area (Å²) in [4.78, 5) is 16.7. The summed E-state index contributed by atoms with van der Waals surface area (Å²) >= 11 is 0. The Hall–Kier alpha value is -1.79. The van der Waals surface area contributed by atoms with Gasteiger partial charge in [-0.3, -0.25) is 9.69 Å². The second kappa shape index (κ2) is 5.44. The first-order chi connectivity index (χ1) is 10.7. The van der Waals surface area contributed by atoms with Crippen LogP contribution in [0.5, 0.6) is 11.5 Å². The lowest BCUT2D eigenvalue weighted by molar-refractivity contribution is 0.0763. The smallest absolute Gasteiger partial charge is 0.254 e. The number of likely N-dealkylation sites (tertiary alicyclic amines) is 2. The van der Waals surface area contributed by atoms with Crippen LogP contribution in [-0.4, -0.2) is 65.9 Å². The van der Waals surface area contributed by atoms with Crippen molar-refractivity contribution in [3.05, 3.63) is 23.8 Å². The Morgan fingerprint density at radius 1 is 1.14 bits per heavy atom. The van der Waals surface area contributed by atoms with Crippen molar-refractivity contribution in [1.29, 1.82) is 0 Å². The highest BCUT2D eigenvalue weighted by molar-refractivity contribution is 5.95. The first-order valence-corrected chi connectivity index (χ1v) is 7.83. The minimum atomic E-state index is -0.462. The van der Waals surface area contributed by atoms with E-state index in [0.29, 0.717) is 30.2 Å². The normalized spacial score (nSPS) is 27.6. The molecule has 0 unspecified atom stereocenters. The van der Waals surface area contributed by atoms with Crippen LogP contribution < -0.4 is 9.47 Å². The number of β-amino-alcohol motifs (C(OH)–C–C–N with tert-alkyl or cyclic N) is 1. The van der Waals surface area contributed by atoms with Crippen molar-refractivity contribution < 1.29 is 19.4 Å². The molecule has 0 bridgehead atoms. The van der Waals surface area contributed by atoms with Gasteiger partial charge in [-0.05, 0) is 44.1 Å². The minimum absolute atomic E-state index is 0.0564. The number of fused-ring (bicyclic) bond motifs is 1. The van der Waals surface area contributed by atoms with Crippen LogP contribution in [0.25, 0.3) is 0 Å². The van der Waals surface area contributed by atoms with E-state index < -0.39 is 6.10 Å². The van der Waals surface area contributed by atoms with Crippen molar-refractivity contribution in [2.45, 2.75) is 25.0 Å². The molecule has 6 heteroatoms. The molecule has 0 spiro atoms. The number of benzene rings is 1. The van der Waals surface area contributed by atoms with E-state index in [1.165, 1.54) is 12.8 Å². The Morgan fingerprint density at radius 3 is 2.73 bits per heavy atom. The molecular formula is C16H20N2O4. The maximum Gasteiger partial charge on any atom is 0.254 e. The van der Waals surface area contributed by atoms with Crippen molar-refractivity contribution in [3.63, 3.8) is 0 Å². The number of aliphatic hydroxyl groups excluding tert-OH is 1. The Balaban J connectivity index is 1.49. The van der Waals surface area contributed by atoms with Crippen LogP contribution in [0.3, 0.4) is 0 Å². The lowest BCUT2D eigenvalue weighted by Gasteiger charge is -2.25. The molecule has 118 valence electrons. The molecule has 3 heterocycles. The fraction of sp³-hybridized carbons (Fsp3) is 0.562. The minimum Gasteiger partial charge on any atom is -0.454 e. The monoisotopic (exact) mass is 304 g/mol. The molecule has 3 aliphatic heterocycles. The molecule has 0 aliphatic carbocycles. The third kappa shape index (κ3) is 2.32. The van der Waals surface area contributed by atoms with Crippen LogP contribution in [0.15, 0.2) is 18.2 Å². The number of carbonyl (C=O) groups is 1. The van der Waals surface area contributed by atoms with E-state index >= 15 is 0 Å². The Morgan fingerprint density at radius 2 is 1.91 bits per heavy atom. The standard InChI is InChI=1S/C16H20N2O4/c19-13-9-18(8-12(13)17-5-1-2-6-17)16(20)11-3-4-14-15(7-11)22-10-21-14/h3-4,7,12-13,19H,1-2,5-6,8-10H2/t12-,13-/m1/s1. The van der Waals surface area contributed by atoms with Crippen LogP contribution in [0.4, 0.5) is 0 Å². The van der Waals surface area contributed by atoms with Crippen LogP contribution in [0.1, 0.15) is 23.2 Å². The molecule has 1 N–H and O–H groups in total. The van der Waals surface area contributed by atoms with Gasteiger partial charge in [0.1, 0.15) is 0 Å². The SMILES string of the molecule is O=C(c1ccc2c(c1)OCO2)N1C[C@@H](O)[C@H](N2CCCC2)C1. The molecule has 1 aromatic carbocycles. The summed E-state index contributed by atoms with van der Waals surface area (Å²) < 4.78 is 10.6. The Bertz CT molecular complexity index is 586. The number of carbonyl (C=O) groups excluding carboxylic acids is 1. The molecule has 22 heavy (non-hydrogen) atoms. The van der Waals surface area contributed by atoms with Crippen LogP contribution in [0.2, 0.25) is 0 Å². The van der Waals surface area contributed by atoms with Gasteiger partial charge in [-0.2, -0.15) is 0 Å². The van der Waals surface area contributed by atoms with Gasteiger partial charge < -0.3 is 19.5 Å². The molecule has 0 radical (unpaired) electrons. The number of amides is 1. The van der Waals surface area contributed by atoms with Crippen molar-refractivity contribution >= 4 is 5.91 Å². The fourth-order valence-electron chi connectivity index (χ4n) is 3.58. The van der Waals surface area contributed by atoms with E-state index in [-0.39, 0.29) is 18.7 Å². The van der Waals surface area contributed by atoms with Gasteiger partial charge in [0.05, 0.1) is 12.1 Å². The molecule has 2 atom stereocenters. The topological polar surface area (TPSA) is 62.2 Å². The molecule has 1 amide bonds. The molecule has 2 saturated heterocycles. The van der Waals surface area contributed by atoms with Crippen LogP contribution >= 0.6 is 0 Å². The summed E-state index contributed by atoms with van der Waals surface area (Å²) in [5.41, 5.74) is 0.582. The maximum absolute atomic E-state index is 12.7. The Kier molecular flexibility index (Phi) is 3.43. The summed E-state index contributed by atoms with van der Waals surface area (Å²) in [6.45, 7) is 3.23. The molecule has 4 rings (SSSR count). The van der Waals surface area contributed by atoms with Gasteiger partial charge in [0.15, 0.2) is 11.5 Å². The number of aliphatic hydroxyl groups is 1. The third-order valence-electron chi connectivity index (χ3n) is 4.78. The summed E-state index contributed by atoms with van der Waals surface area (Å²) in [7, 11) is 0. The molecule has 1 aromatic rings. The van der Waals surface area contributed by atoms with Gasteiger partial charge in [0.25, 0.3) is 5.91 Å². The average molecular weight is 304 g/mol. The molecule has 0 saturated carbocycles. The van der Waals surface area contributed by atoms with Crippen LogP contribution in [-0.2, 0) is 0 Å². The highest BCUT2D eigenvalue weighted by Crippen LogP contribution is 2.33. The fourth-order valence-corrected chi connectivity index (χ4v) is 3.58. The number of rotatable bonds is 2. The van der Waals surface area contributed by atoms with E-state index in [0.717, 1.165) is 13.1 Å². The number of hydrogen-bond donors (Lipinski definition) is 1. The summed E-state index contributed by atoms with van der Waals surface area (Å²) in [6.07, 6.45) is 1.90. The second-order valence-corrected chi connectivity index (χ2v) is 6.16. The number of ether oxygens (including phenoxy) is 2. The lowest BCUT2D eigenvalue weighted by atomic mass is 10.2. The maximum atomic E-state index is 12.7. The van der Waals surface area contributed by atoms with Gasteiger partial charge in [-0.15, -0.1) is 0 Å². The molecule has 0 aromatic heterocycles. The second-order valence-electron chi connectivity index (χ2n) is 6.16. The van der Waals surface area contributed by atoms with Crippen molar-refractivity contribution in [2.75, 3.05) is 33.0 Å². The zero-order valence-electron chi connectivity index (χ0n) is 12.4. The lowest BCUT2D eigenvalue weighted by Crippen LogP contribution is -2.41. The van der Waals surface area contributed by atoms with E-state index in [4.69, 9.17) is 9.47 Å². The first-order valence-electron chi connectivity index (χ1n) is 7.83. The van der Waals surface area contributed by atoms with Crippen molar-refractivity contribution in [2.24, 2.45) is 0 Å². The number of hydrogen-bond acceptors (Lipinski definition) is 5. The molecular weight excluding hydrogens is 284 g/mol. The van der Waals surface area contributed by atoms with E-state index in [2.05, 4.69) is 4.90 Å².